The minimum absolute atomic E-state index is 0.0158. The molecule has 2 N–H and O–H groups in total. The second-order valence-corrected chi connectivity index (χ2v) is 6.41. The van der Waals surface area contributed by atoms with Crippen LogP contribution in [0.25, 0.3) is 0 Å². The number of anilines is 1. The summed E-state index contributed by atoms with van der Waals surface area (Å²) in [7, 11) is -3.49. The maximum Gasteiger partial charge on any atom is 0.335 e. The van der Waals surface area contributed by atoms with Crippen LogP contribution in [0.2, 0.25) is 0 Å². The molecule has 0 bridgehead atoms. The smallest absolute Gasteiger partial charge is 0.335 e. The molecule has 2 aromatic carbocycles. The Kier molecular flexibility index (Phi) is 4.67. The summed E-state index contributed by atoms with van der Waals surface area (Å²) >= 11 is 0. The molecular weight excluding hydrogens is 306 g/mol. The number of ether oxygens (including phenoxy) is 1. The number of carbonyl (C=O) groups is 1. The second-order valence-electron chi connectivity index (χ2n) is 4.66. The predicted molar refractivity (Wildman–Crippen MR) is 82.6 cm³/mol. The van der Waals surface area contributed by atoms with Crippen molar-refractivity contribution in [1.82, 2.24) is 0 Å². The van der Waals surface area contributed by atoms with Gasteiger partial charge in [0, 0.05) is 0 Å². The van der Waals surface area contributed by atoms with Gasteiger partial charge in [0.1, 0.15) is 12.4 Å². The number of sulfonamides is 1. The number of carboxylic acids is 1. The zero-order valence-corrected chi connectivity index (χ0v) is 12.6. The third-order valence-corrected chi connectivity index (χ3v) is 3.35. The van der Waals surface area contributed by atoms with Crippen LogP contribution in [0.4, 0.5) is 5.69 Å². The molecule has 6 nitrogen and oxygen atoms in total. The van der Waals surface area contributed by atoms with Gasteiger partial charge in [0.05, 0.1) is 17.5 Å². The quantitative estimate of drug-likeness (QED) is 0.852. The van der Waals surface area contributed by atoms with Crippen molar-refractivity contribution < 1.29 is 23.1 Å². The van der Waals surface area contributed by atoms with Gasteiger partial charge in [0.15, 0.2) is 0 Å². The highest BCUT2D eigenvalue weighted by Crippen LogP contribution is 2.27. The summed E-state index contributed by atoms with van der Waals surface area (Å²) in [5.41, 5.74) is 1.10. The van der Waals surface area contributed by atoms with Crippen molar-refractivity contribution in [3.05, 3.63) is 59.7 Å². The summed E-state index contributed by atoms with van der Waals surface area (Å²) in [6.07, 6.45) is 1.01. The maximum atomic E-state index is 11.4. The van der Waals surface area contributed by atoms with Crippen LogP contribution >= 0.6 is 0 Å². The van der Waals surface area contributed by atoms with Crippen LogP contribution in [0.15, 0.2) is 48.5 Å². The van der Waals surface area contributed by atoms with Crippen molar-refractivity contribution in [3.8, 4) is 5.75 Å². The van der Waals surface area contributed by atoms with E-state index in [0.717, 1.165) is 11.8 Å². The molecule has 0 unspecified atom stereocenters. The molecule has 0 amide bonds. The van der Waals surface area contributed by atoms with Crippen LogP contribution in [-0.2, 0) is 16.6 Å². The van der Waals surface area contributed by atoms with E-state index in [2.05, 4.69) is 4.72 Å². The molecule has 0 radical (unpaired) electrons. The first-order chi connectivity index (χ1) is 10.3. The number of benzene rings is 2. The van der Waals surface area contributed by atoms with Crippen LogP contribution in [0.5, 0.6) is 5.75 Å². The summed E-state index contributed by atoms with van der Waals surface area (Å²) in [6.45, 7) is 0.197. The van der Waals surface area contributed by atoms with Crippen LogP contribution in [0, 0.1) is 0 Å². The summed E-state index contributed by atoms with van der Waals surface area (Å²) < 4.78 is 30.6. The lowest BCUT2D eigenvalue weighted by molar-refractivity contribution is 0.0696. The number of aromatic carboxylic acids is 1. The molecule has 0 aromatic heterocycles. The predicted octanol–water partition coefficient (Wildman–Crippen LogP) is 2.34. The van der Waals surface area contributed by atoms with E-state index in [-0.39, 0.29) is 23.6 Å². The van der Waals surface area contributed by atoms with Gasteiger partial charge in [-0.05, 0) is 23.8 Å². The largest absolute Gasteiger partial charge is 0.487 e. The molecule has 0 saturated heterocycles. The Bertz CT molecular complexity index is 772. The second kappa shape index (κ2) is 6.48. The fraction of sp³-hybridized carbons (Fsp3) is 0.133. The van der Waals surface area contributed by atoms with Gasteiger partial charge in [0.25, 0.3) is 0 Å². The van der Waals surface area contributed by atoms with Gasteiger partial charge in [0.2, 0.25) is 10.0 Å². The van der Waals surface area contributed by atoms with E-state index in [1.807, 2.05) is 30.3 Å². The van der Waals surface area contributed by atoms with Crippen molar-refractivity contribution in [2.45, 2.75) is 6.61 Å². The van der Waals surface area contributed by atoms with Crippen LogP contribution in [-0.4, -0.2) is 25.7 Å². The summed E-state index contributed by atoms with van der Waals surface area (Å²) in [6, 6.07) is 13.2. The number of hydrogen-bond acceptors (Lipinski definition) is 4. The van der Waals surface area contributed by atoms with E-state index < -0.39 is 16.0 Å². The molecular formula is C15H15NO5S. The lowest BCUT2D eigenvalue weighted by Gasteiger charge is -2.13. The van der Waals surface area contributed by atoms with Gasteiger partial charge in [-0.1, -0.05) is 30.3 Å². The third kappa shape index (κ3) is 4.49. The summed E-state index contributed by atoms with van der Waals surface area (Å²) in [5.74, 6) is -0.954. The lowest BCUT2D eigenvalue weighted by atomic mass is 10.2. The molecule has 0 saturated carbocycles. The molecule has 0 aliphatic rings. The highest BCUT2D eigenvalue weighted by Gasteiger charge is 2.13. The minimum atomic E-state index is -3.49. The SMILES string of the molecule is CS(=O)(=O)Nc1ccc(C(=O)O)cc1OCc1ccccc1. The summed E-state index contributed by atoms with van der Waals surface area (Å²) in [4.78, 5) is 11.0. The van der Waals surface area contributed by atoms with E-state index in [0.29, 0.717) is 0 Å². The first-order valence-corrected chi connectivity index (χ1v) is 8.26. The van der Waals surface area contributed by atoms with Gasteiger partial charge in [-0.2, -0.15) is 0 Å². The topological polar surface area (TPSA) is 92.7 Å². The molecule has 2 rings (SSSR count). The van der Waals surface area contributed by atoms with Crippen molar-refractivity contribution in [2.24, 2.45) is 0 Å². The molecule has 0 spiro atoms. The first-order valence-electron chi connectivity index (χ1n) is 6.37. The molecule has 0 aliphatic carbocycles. The molecule has 0 heterocycles. The van der Waals surface area contributed by atoms with Crippen molar-refractivity contribution >= 4 is 21.7 Å². The minimum Gasteiger partial charge on any atom is -0.487 e. The standard InChI is InChI=1S/C15H15NO5S/c1-22(19,20)16-13-8-7-12(15(17)18)9-14(13)21-10-11-5-3-2-4-6-11/h2-9,16H,10H2,1H3,(H,17,18). The van der Waals surface area contributed by atoms with Crippen LogP contribution in [0.3, 0.4) is 0 Å². The Balaban J connectivity index is 2.28. The highest BCUT2D eigenvalue weighted by molar-refractivity contribution is 7.92. The van der Waals surface area contributed by atoms with E-state index in [1.165, 1.54) is 18.2 Å². The Labute approximate surface area is 128 Å². The van der Waals surface area contributed by atoms with Crippen molar-refractivity contribution in [3.63, 3.8) is 0 Å². The normalized spacial score (nSPS) is 11.0. The molecule has 22 heavy (non-hydrogen) atoms. The van der Waals surface area contributed by atoms with E-state index >= 15 is 0 Å². The Hall–Kier alpha value is -2.54. The highest BCUT2D eigenvalue weighted by atomic mass is 32.2. The van der Waals surface area contributed by atoms with Crippen molar-refractivity contribution in [2.75, 3.05) is 11.0 Å². The van der Waals surface area contributed by atoms with E-state index in [9.17, 15) is 13.2 Å². The van der Waals surface area contributed by atoms with Crippen LogP contribution < -0.4 is 9.46 Å². The van der Waals surface area contributed by atoms with E-state index in [1.54, 1.807) is 0 Å². The molecule has 7 heteroatoms. The molecule has 116 valence electrons. The zero-order chi connectivity index (χ0) is 16.2. The fourth-order valence-corrected chi connectivity index (χ4v) is 2.36. The average Bonchev–Trinajstić information content (AvgIpc) is 2.45. The van der Waals surface area contributed by atoms with E-state index in [4.69, 9.17) is 9.84 Å². The van der Waals surface area contributed by atoms with Crippen molar-refractivity contribution in [1.29, 1.82) is 0 Å². The average molecular weight is 321 g/mol. The first kappa shape index (κ1) is 15.8. The van der Waals surface area contributed by atoms with Gasteiger partial charge < -0.3 is 9.84 Å². The maximum absolute atomic E-state index is 11.4. The lowest BCUT2D eigenvalue weighted by Crippen LogP contribution is -2.11. The molecule has 0 fully saturated rings. The number of rotatable bonds is 6. The number of hydrogen-bond donors (Lipinski definition) is 2. The summed E-state index contributed by atoms with van der Waals surface area (Å²) in [5, 5.41) is 9.02. The molecule has 0 aliphatic heterocycles. The van der Waals surface area contributed by atoms with Gasteiger partial charge in [-0.15, -0.1) is 0 Å². The van der Waals surface area contributed by atoms with Gasteiger partial charge in [-0.25, -0.2) is 13.2 Å². The van der Waals surface area contributed by atoms with Gasteiger partial charge >= 0.3 is 5.97 Å². The Morgan fingerprint density at radius 1 is 1.18 bits per heavy atom. The number of nitrogens with one attached hydrogen (secondary N) is 1. The third-order valence-electron chi connectivity index (χ3n) is 2.76. The molecule has 2 aromatic rings. The zero-order valence-electron chi connectivity index (χ0n) is 11.8. The Morgan fingerprint density at radius 3 is 2.45 bits per heavy atom. The Morgan fingerprint density at radius 2 is 1.86 bits per heavy atom. The van der Waals surface area contributed by atoms with Crippen LogP contribution in [0.1, 0.15) is 15.9 Å². The monoisotopic (exact) mass is 321 g/mol. The number of carboxylic acid groups (broad SMARTS) is 1. The molecule has 0 atom stereocenters. The van der Waals surface area contributed by atoms with Gasteiger partial charge in [-0.3, -0.25) is 4.72 Å². The fourth-order valence-electron chi connectivity index (χ4n) is 1.79.